The lowest BCUT2D eigenvalue weighted by Gasteiger charge is -2.26. The van der Waals surface area contributed by atoms with E-state index >= 15 is 0 Å². The van der Waals surface area contributed by atoms with Crippen LogP contribution in [-0.2, 0) is 16.1 Å². The van der Waals surface area contributed by atoms with Gasteiger partial charge in [0.1, 0.15) is 0 Å². The van der Waals surface area contributed by atoms with Gasteiger partial charge in [-0.2, -0.15) is 0 Å². The second kappa shape index (κ2) is 11.5. The van der Waals surface area contributed by atoms with Crippen LogP contribution < -0.4 is 15.5 Å². The van der Waals surface area contributed by atoms with Crippen LogP contribution in [0.2, 0.25) is 0 Å². The molecule has 1 aromatic carbocycles. The van der Waals surface area contributed by atoms with Crippen LogP contribution in [0.25, 0.3) is 0 Å². The maximum absolute atomic E-state index is 12.0. The first-order chi connectivity index (χ1) is 12.4. The van der Waals surface area contributed by atoms with E-state index < -0.39 is 0 Å². The highest BCUT2D eigenvalue weighted by molar-refractivity contribution is 14.0. The van der Waals surface area contributed by atoms with Crippen molar-refractivity contribution < 1.29 is 9.53 Å². The first-order valence-corrected chi connectivity index (χ1v) is 9.42. The number of piperidine rings is 1. The van der Waals surface area contributed by atoms with E-state index in [0.29, 0.717) is 19.5 Å². The third-order valence-corrected chi connectivity index (χ3v) is 4.57. The van der Waals surface area contributed by atoms with Gasteiger partial charge in [0.05, 0.1) is 12.1 Å². The van der Waals surface area contributed by atoms with Crippen LogP contribution in [0.15, 0.2) is 29.3 Å². The molecule has 2 rings (SSSR count). The monoisotopic (exact) mass is 488 g/mol. The van der Waals surface area contributed by atoms with Crippen LogP contribution in [0.5, 0.6) is 0 Å². The summed E-state index contributed by atoms with van der Waals surface area (Å²) in [5.74, 6) is 0.995. The minimum absolute atomic E-state index is 0. The van der Waals surface area contributed by atoms with Crippen molar-refractivity contribution in [1.29, 1.82) is 0 Å². The van der Waals surface area contributed by atoms with Crippen LogP contribution in [0.1, 0.15) is 45.6 Å². The number of methoxy groups -OCH3 is 1. The Labute approximate surface area is 180 Å². The Morgan fingerprint density at radius 1 is 1.22 bits per heavy atom. The maximum atomic E-state index is 12.0. The molecule has 1 heterocycles. The van der Waals surface area contributed by atoms with E-state index in [1.54, 1.807) is 7.11 Å². The van der Waals surface area contributed by atoms with Gasteiger partial charge in [-0.25, -0.2) is 4.99 Å². The lowest BCUT2D eigenvalue weighted by Crippen LogP contribution is -2.45. The first-order valence-electron chi connectivity index (χ1n) is 9.42. The van der Waals surface area contributed by atoms with E-state index in [1.165, 1.54) is 0 Å². The molecular formula is C20H33IN4O2. The molecule has 1 saturated heterocycles. The number of hydrogen-bond donors (Lipinski definition) is 2. The number of rotatable bonds is 7. The summed E-state index contributed by atoms with van der Waals surface area (Å²) in [5.41, 5.74) is 1.84. The summed E-state index contributed by atoms with van der Waals surface area (Å²) in [5, 5.41) is 6.56. The Balaban J connectivity index is 0.00000364. The predicted molar refractivity (Wildman–Crippen MR) is 122 cm³/mol. The van der Waals surface area contributed by atoms with Crippen molar-refractivity contribution in [3.05, 3.63) is 29.8 Å². The van der Waals surface area contributed by atoms with E-state index in [0.717, 1.165) is 43.1 Å². The Morgan fingerprint density at radius 2 is 1.93 bits per heavy atom. The summed E-state index contributed by atoms with van der Waals surface area (Å²) in [7, 11) is 1.71. The van der Waals surface area contributed by atoms with E-state index in [2.05, 4.69) is 15.6 Å². The zero-order valence-corrected chi connectivity index (χ0v) is 19.2. The molecule has 1 aliphatic rings. The van der Waals surface area contributed by atoms with E-state index in [4.69, 9.17) is 4.74 Å². The van der Waals surface area contributed by atoms with Gasteiger partial charge in [-0.1, -0.05) is 12.1 Å². The number of benzene rings is 1. The highest BCUT2D eigenvalue weighted by atomic mass is 127. The van der Waals surface area contributed by atoms with Crippen LogP contribution >= 0.6 is 24.0 Å². The zero-order valence-electron chi connectivity index (χ0n) is 16.9. The largest absolute Gasteiger partial charge is 0.377 e. The molecule has 1 aromatic rings. The van der Waals surface area contributed by atoms with Crippen molar-refractivity contribution in [1.82, 2.24) is 10.6 Å². The SMILES string of the molecule is CCNC(=NCc1ccc(N2CCCCC2=O)cc1)NCC(C)(C)OC.I. The first kappa shape index (κ1) is 23.7. The zero-order chi connectivity index (χ0) is 19.0. The van der Waals surface area contributed by atoms with Gasteiger partial charge in [0.25, 0.3) is 0 Å². The summed E-state index contributed by atoms with van der Waals surface area (Å²) >= 11 is 0. The molecule has 0 saturated carbocycles. The number of nitrogens with zero attached hydrogens (tertiary/aromatic N) is 2. The third kappa shape index (κ3) is 7.65. The summed E-state index contributed by atoms with van der Waals surface area (Å²) in [6.45, 7) is 8.98. The van der Waals surface area contributed by atoms with Crippen molar-refractivity contribution >= 4 is 41.5 Å². The number of ether oxygens (including phenoxy) is 1. The molecule has 152 valence electrons. The lowest BCUT2D eigenvalue weighted by atomic mass is 10.1. The predicted octanol–water partition coefficient (Wildman–Crippen LogP) is 3.30. The Morgan fingerprint density at radius 3 is 2.52 bits per heavy atom. The molecule has 0 spiro atoms. The quantitative estimate of drug-likeness (QED) is 0.351. The molecule has 1 aliphatic heterocycles. The Bertz CT molecular complexity index is 617. The van der Waals surface area contributed by atoms with Crippen molar-refractivity contribution in [3.8, 4) is 0 Å². The minimum atomic E-state index is -0.251. The summed E-state index contributed by atoms with van der Waals surface area (Å²) in [6, 6.07) is 8.12. The molecule has 0 unspecified atom stereocenters. The highest BCUT2D eigenvalue weighted by Crippen LogP contribution is 2.21. The molecule has 0 atom stereocenters. The van der Waals surface area contributed by atoms with E-state index in [1.807, 2.05) is 49.9 Å². The number of carbonyl (C=O) groups excluding carboxylic acids is 1. The number of amides is 1. The van der Waals surface area contributed by atoms with Crippen LogP contribution in [0.3, 0.4) is 0 Å². The normalized spacial score (nSPS) is 15.3. The van der Waals surface area contributed by atoms with Crippen molar-refractivity contribution in [2.75, 3.05) is 31.6 Å². The second-order valence-corrected chi connectivity index (χ2v) is 7.18. The maximum Gasteiger partial charge on any atom is 0.226 e. The minimum Gasteiger partial charge on any atom is -0.377 e. The smallest absolute Gasteiger partial charge is 0.226 e. The molecule has 6 nitrogen and oxygen atoms in total. The average molecular weight is 488 g/mol. The fourth-order valence-electron chi connectivity index (χ4n) is 2.74. The fourth-order valence-corrected chi connectivity index (χ4v) is 2.74. The number of guanidine groups is 1. The Hall–Kier alpha value is -1.35. The summed E-state index contributed by atoms with van der Waals surface area (Å²) in [4.78, 5) is 18.5. The van der Waals surface area contributed by atoms with Gasteiger partial charge < -0.3 is 20.3 Å². The van der Waals surface area contributed by atoms with Crippen LogP contribution in [0, 0.1) is 0 Å². The molecule has 0 aromatic heterocycles. The average Bonchev–Trinajstić information content (AvgIpc) is 2.65. The molecule has 1 fully saturated rings. The van der Waals surface area contributed by atoms with Gasteiger partial charge in [-0.15, -0.1) is 24.0 Å². The molecular weight excluding hydrogens is 455 g/mol. The number of aliphatic imine (C=N–C) groups is 1. The van der Waals surface area contributed by atoms with Gasteiger partial charge in [0, 0.05) is 38.9 Å². The van der Waals surface area contributed by atoms with Gasteiger partial charge in [-0.3, -0.25) is 4.79 Å². The standard InChI is InChI=1S/C20H32N4O2.HI/c1-5-21-19(23-15-20(2,3)26-4)22-14-16-9-11-17(12-10-16)24-13-7-6-8-18(24)25;/h9-12H,5-8,13-15H2,1-4H3,(H2,21,22,23);1H. The van der Waals surface area contributed by atoms with Gasteiger partial charge in [0.2, 0.25) is 5.91 Å². The fraction of sp³-hybridized carbons (Fsp3) is 0.600. The number of anilines is 1. The summed E-state index contributed by atoms with van der Waals surface area (Å²) in [6.07, 6.45) is 2.73. The molecule has 7 heteroatoms. The van der Waals surface area contributed by atoms with Gasteiger partial charge in [-0.05, 0) is 51.3 Å². The van der Waals surface area contributed by atoms with Crippen molar-refractivity contribution in [2.45, 2.75) is 52.2 Å². The number of halogens is 1. The topological polar surface area (TPSA) is 66.0 Å². The molecule has 0 aliphatic carbocycles. The number of nitrogens with one attached hydrogen (secondary N) is 2. The van der Waals surface area contributed by atoms with Crippen molar-refractivity contribution in [2.24, 2.45) is 4.99 Å². The lowest BCUT2D eigenvalue weighted by molar-refractivity contribution is -0.119. The van der Waals surface area contributed by atoms with Gasteiger partial charge >= 0.3 is 0 Å². The molecule has 0 radical (unpaired) electrons. The number of hydrogen-bond acceptors (Lipinski definition) is 3. The molecule has 27 heavy (non-hydrogen) atoms. The molecule has 2 N–H and O–H groups in total. The second-order valence-electron chi connectivity index (χ2n) is 7.18. The van der Waals surface area contributed by atoms with Crippen molar-refractivity contribution in [3.63, 3.8) is 0 Å². The van der Waals surface area contributed by atoms with Crippen LogP contribution in [0.4, 0.5) is 5.69 Å². The molecule has 1 amide bonds. The number of carbonyl (C=O) groups is 1. The third-order valence-electron chi connectivity index (χ3n) is 4.57. The van der Waals surface area contributed by atoms with Gasteiger partial charge in [0.15, 0.2) is 5.96 Å². The van der Waals surface area contributed by atoms with Crippen LogP contribution in [-0.4, -0.2) is 44.2 Å². The highest BCUT2D eigenvalue weighted by Gasteiger charge is 2.19. The van der Waals surface area contributed by atoms with E-state index in [-0.39, 0.29) is 35.5 Å². The summed E-state index contributed by atoms with van der Waals surface area (Å²) < 4.78 is 5.43. The van der Waals surface area contributed by atoms with E-state index in [9.17, 15) is 4.79 Å². The molecule has 0 bridgehead atoms. The Kier molecular flexibility index (Phi) is 10.1.